The second-order valence-corrected chi connectivity index (χ2v) is 5.63. The minimum Gasteiger partial charge on any atom is -0.394 e. The van der Waals surface area contributed by atoms with Crippen molar-refractivity contribution in [3.8, 4) is 0 Å². The van der Waals surface area contributed by atoms with Gasteiger partial charge in [-0.1, -0.05) is 0 Å². The summed E-state index contributed by atoms with van der Waals surface area (Å²) >= 11 is 0. The van der Waals surface area contributed by atoms with Crippen LogP contribution in [0.25, 0.3) is 0 Å². The van der Waals surface area contributed by atoms with Gasteiger partial charge in [-0.15, -0.1) is 0 Å². The molecule has 0 amide bonds. The molecule has 9 atom stereocenters. The van der Waals surface area contributed by atoms with Crippen molar-refractivity contribution in [1.29, 1.82) is 0 Å². The maximum absolute atomic E-state index is 10.1. The average molecular weight is 342 g/mol. The molecule has 0 radical (unpaired) electrons. The lowest BCUT2D eigenvalue weighted by atomic mass is 9.99. The number of ether oxygens (including phenoxy) is 3. The van der Waals surface area contributed by atoms with Crippen molar-refractivity contribution >= 4 is 0 Å². The maximum Gasteiger partial charge on any atom is 0.219 e. The van der Waals surface area contributed by atoms with E-state index in [1.165, 1.54) is 0 Å². The van der Waals surface area contributed by atoms with E-state index in [1.807, 2.05) is 0 Å². The molecule has 2 rings (SSSR count). The highest BCUT2D eigenvalue weighted by atomic mass is 16.7. The van der Waals surface area contributed by atoms with E-state index in [9.17, 15) is 30.6 Å². The summed E-state index contributed by atoms with van der Waals surface area (Å²) < 4.78 is 15.1. The smallest absolute Gasteiger partial charge is 0.219 e. The monoisotopic (exact) mass is 342 g/mol. The molecule has 2 fully saturated rings. The van der Waals surface area contributed by atoms with Crippen molar-refractivity contribution in [1.82, 2.24) is 0 Å². The summed E-state index contributed by atoms with van der Waals surface area (Å²) in [6.07, 6.45) is -12.2. The first-order chi connectivity index (χ1) is 10.7. The molecule has 8 N–H and O–H groups in total. The third kappa shape index (κ3) is 3.50. The van der Waals surface area contributed by atoms with E-state index in [-0.39, 0.29) is 0 Å². The van der Waals surface area contributed by atoms with Crippen LogP contribution in [0.15, 0.2) is 0 Å². The van der Waals surface area contributed by atoms with E-state index in [0.29, 0.717) is 0 Å². The maximum atomic E-state index is 10.1. The Bertz CT molecular complexity index is 393. The minimum absolute atomic E-state index is 0.652. The molecule has 1 unspecified atom stereocenters. The molecule has 11 nitrogen and oxygen atoms in total. The van der Waals surface area contributed by atoms with E-state index in [2.05, 4.69) is 0 Å². The Labute approximate surface area is 130 Å². The van der Waals surface area contributed by atoms with Crippen LogP contribution < -0.4 is 0 Å². The first-order valence-electron chi connectivity index (χ1n) is 7.04. The zero-order valence-electron chi connectivity index (χ0n) is 12.0. The minimum atomic E-state index is -2.37. The highest BCUT2D eigenvalue weighted by Crippen LogP contribution is 2.31. The molecule has 0 aromatic heterocycles. The van der Waals surface area contributed by atoms with Crippen LogP contribution in [0.2, 0.25) is 0 Å². The molecule has 23 heavy (non-hydrogen) atoms. The fraction of sp³-hybridized carbons (Fsp3) is 1.00. The van der Waals surface area contributed by atoms with E-state index in [0.717, 1.165) is 0 Å². The molecule has 0 aromatic carbocycles. The Morgan fingerprint density at radius 2 is 1.43 bits per heavy atom. The van der Waals surface area contributed by atoms with Crippen molar-refractivity contribution in [3.05, 3.63) is 0 Å². The highest BCUT2D eigenvalue weighted by Gasteiger charge is 2.54. The normalized spacial score (nSPS) is 51.1. The standard InChI is InChI=1S/C12H22O11/c13-1-4-6(15)8(17)9(18)11(22-4)21-3-12(20)10(19)7(16)5(2-14)23-12/h4-11,13-20H,1-3H2/t4-,5-,6-,7+,8+,9-,10+,11?,12-/m1/s1. The van der Waals surface area contributed by atoms with Gasteiger partial charge < -0.3 is 55.1 Å². The zero-order chi connectivity index (χ0) is 17.4. The first kappa shape index (κ1) is 18.9. The Morgan fingerprint density at radius 1 is 0.826 bits per heavy atom. The Kier molecular flexibility index (Phi) is 5.92. The summed E-state index contributed by atoms with van der Waals surface area (Å²) in [6.45, 7) is -2.08. The second kappa shape index (κ2) is 7.21. The zero-order valence-corrected chi connectivity index (χ0v) is 12.0. The summed E-state index contributed by atoms with van der Waals surface area (Å²) in [5.41, 5.74) is 0. The topological polar surface area (TPSA) is 190 Å². The number of aliphatic hydroxyl groups is 8. The molecule has 2 aliphatic rings. The molecule has 2 aliphatic heterocycles. The molecular formula is C12H22O11. The lowest BCUT2D eigenvalue weighted by Gasteiger charge is -2.40. The van der Waals surface area contributed by atoms with Crippen LogP contribution in [0.1, 0.15) is 0 Å². The SMILES string of the molecule is OC[C@H]1OC(OC[C@@]2(O)O[C@H](CO)[C@H](O)[C@@H]2O)[C@H](O)[C@@H](O)[C@@H]1O. The highest BCUT2D eigenvalue weighted by molar-refractivity contribution is 4.96. The van der Waals surface area contributed by atoms with Crippen molar-refractivity contribution in [2.45, 2.75) is 54.8 Å². The number of rotatable bonds is 5. The average Bonchev–Trinajstić information content (AvgIpc) is 2.76. The van der Waals surface area contributed by atoms with E-state index < -0.39 is 74.6 Å². The molecule has 0 spiro atoms. The predicted octanol–water partition coefficient (Wildman–Crippen LogP) is -5.40. The van der Waals surface area contributed by atoms with Crippen molar-refractivity contribution < 1.29 is 55.1 Å². The van der Waals surface area contributed by atoms with Crippen LogP contribution >= 0.6 is 0 Å². The number of aliphatic hydroxyl groups excluding tert-OH is 7. The third-order valence-corrected chi connectivity index (χ3v) is 4.00. The number of hydrogen-bond donors (Lipinski definition) is 8. The molecule has 0 saturated carbocycles. The fourth-order valence-corrected chi connectivity index (χ4v) is 2.54. The van der Waals surface area contributed by atoms with Crippen molar-refractivity contribution in [2.24, 2.45) is 0 Å². The van der Waals surface area contributed by atoms with Gasteiger partial charge in [-0.3, -0.25) is 0 Å². The van der Waals surface area contributed by atoms with Gasteiger partial charge in [0.1, 0.15) is 49.3 Å². The summed E-state index contributed by atoms with van der Waals surface area (Å²) in [5.74, 6) is -2.37. The molecule has 0 bridgehead atoms. The summed E-state index contributed by atoms with van der Waals surface area (Å²) in [4.78, 5) is 0. The lowest BCUT2D eigenvalue weighted by molar-refractivity contribution is -0.332. The van der Waals surface area contributed by atoms with E-state index >= 15 is 0 Å². The van der Waals surface area contributed by atoms with E-state index in [4.69, 9.17) is 24.4 Å². The molecule has 0 aromatic rings. The van der Waals surface area contributed by atoms with Gasteiger partial charge in [0.25, 0.3) is 0 Å². The Hall–Kier alpha value is -0.440. The molecule has 2 heterocycles. The Balaban J connectivity index is 1.99. The van der Waals surface area contributed by atoms with E-state index in [1.54, 1.807) is 0 Å². The summed E-state index contributed by atoms with van der Waals surface area (Å²) in [7, 11) is 0. The summed E-state index contributed by atoms with van der Waals surface area (Å²) in [5, 5.41) is 76.5. The van der Waals surface area contributed by atoms with Gasteiger partial charge in [0.05, 0.1) is 13.2 Å². The van der Waals surface area contributed by atoms with Gasteiger partial charge in [-0.2, -0.15) is 0 Å². The quantitative estimate of drug-likeness (QED) is 0.238. The van der Waals surface area contributed by atoms with Crippen LogP contribution in [0, 0.1) is 0 Å². The second-order valence-electron chi connectivity index (χ2n) is 5.63. The van der Waals surface area contributed by atoms with Crippen LogP contribution in [0.5, 0.6) is 0 Å². The fourth-order valence-electron chi connectivity index (χ4n) is 2.54. The van der Waals surface area contributed by atoms with Crippen LogP contribution in [-0.2, 0) is 14.2 Å². The first-order valence-corrected chi connectivity index (χ1v) is 7.04. The predicted molar refractivity (Wildman–Crippen MR) is 68.6 cm³/mol. The molecular weight excluding hydrogens is 320 g/mol. The van der Waals surface area contributed by atoms with Crippen molar-refractivity contribution in [3.63, 3.8) is 0 Å². The van der Waals surface area contributed by atoms with Crippen LogP contribution in [0.4, 0.5) is 0 Å². The van der Waals surface area contributed by atoms with Crippen LogP contribution in [0.3, 0.4) is 0 Å². The van der Waals surface area contributed by atoms with Gasteiger partial charge in [-0.05, 0) is 0 Å². The van der Waals surface area contributed by atoms with Gasteiger partial charge in [0.15, 0.2) is 6.29 Å². The molecule has 0 aliphatic carbocycles. The van der Waals surface area contributed by atoms with Gasteiger partial charge in [-0.25, -0.2) is 0 Å². The number of hydrogen-bond acceptors (Lipinski definition) is 11. The molecule has 11 heteroatoms. The summed E-state index contributed by atoms with van der Waals surface area (Å²) in [6, 6.07) is 0. The van der Waals surface area contributed by atoms with Crippen molar-refractivity contribution in [2.75, 3.05) is 19.8 Å². The largest absolute Gasteiger partial charge is 0.394 e. The van der Waals surface area contributed by atoms with Gasteiger partial charge in [0.2, 0.25) is 5.79 Å². The molecule has 2 saturated heterocycles. The van der Waals surface area contributed by atoms with Gasteiger partial charge in [0, 0.05) is 0 Å². The third-order valence-electron chi connectivity index (χ3n) is 4.00. The van der Waals surface area contributed by atoms with Crippen LogP contribution in [-0.4, -0.2) is 115 Å². The van der Waals surface area contributed by atoms with Gasteiger partial charge >= 0.3 is 0 Å². The Morgan fingerprint density at radius 3 is 1.96 bits per heavy atom. The lowest BCUT2D eigenvalue weighted by Crippen LogP contribution is -2.60. The molecule has 136 valence electrons.